The number of aromatic nitrogens is 9. The third kappa shape index (κ3) is 5.61. The lowest BCUT2D eigenvalue weighted by molar-refractivity contribution is -0.0644. The van der Waals surface area contributed by atoms with Gasteiger partial charge in [-0.3, -0.25) is 18.4 Å². The van der Waals surface area contributed by atoms with Crippen LogP contribution in [-0.4, -0.2) is 114 Å². The number of anilines is 1. The Morgan fingerprint density at radius 3 is 2.40 bits per heavy atom. The first-order valence-electron chi connectivity index (χ1n) is 13.1. The van der Waals surface area contributed by atoms with Crippen LogP contribution >= 0.6 is 13.4 Å². The summed E-state index contributed by atoms with van der Waals surface area (Å²) in [4.78, 5) is 53.4. The molecule has 0 saturated carbocycles. The quantitative estimate of drug-likeness (QED) is 0.123. The topological polar surface area (TPSA) is 282 Å². The van der Waals surface area contributed by atoms with Crippen molar-refractivity contribution in [2.45, 2.75) is 56.0 Å². The Balaban J connectivity index is 1.21. The average molecular weight is 707 g/mol. The number of fused-ring (bicyclic) bond motifs is 5. The van der Waals surface area contributed by atoms with Crippen LogP contribution < -0.4 is 11.3 Å². The van der Waals surface area contributed by atoms with Crippen molar-refractivity contribution in [2.24, 2.45) is 0 Å². The molecular formula is C20H24N10O11P2S2. The van der Waals surface area contributed by atoms with Gasteiger partial charge in [-0.15, -0.1) is 5.10 Å². The number of aromatic amines is 1. The Bertz CT molecular complexity index is 1940. The minimum Gasteiger partial charge on any atom is -0.387 e. The Morgan fingerprint density at radius 1 is 0.956 bits per heavy atom. The van der Waals surface area contributed by atoms with Gasteiger partial charge in [0.25, 0.3) is 5.56 Å². The zero-order valence-corrected chi connectivity index (χ0v) is 26.1. The van der Waals surface area contributed by atoms with E-state index in [4.69, 9.17) is 56.9 Å². The number of H-pyrrole nitrogens is 1. The van der Waals surface area contributed by atoms with Crippen molar-refractivity contribution in [1.29, 1.82) is 0 Å². The van der Waals surface area contributed by atoms with Crippen LogP contribution in [0.4, 0.5) is 5.82 Å². The number of ether oxygens (including phenoxy) is 2. The van der Waals surface area contributed by atoms with Crippen molar-refractivity contribution in [3.8, 4) is 0 Å². The van der Waals surface area contributed by atoms with E-state index in [1.165, 1.54) is 17.2 Å². The fourth-order valence-corrected chi connectivity index (χ4v) is 8.12. The van der Waals surface area contributed by atoms with Gasteiger partial charge in [-0.25, -0.2) is 19.9 Å². The number of nitrogen functional groups attached to an aromatic ring is 1. The van der Waals surface area contributed by atoms with Gasteiger partial charge in [0.15, 0.2) is 35.1 Å². The lowest BCUT2D eigenvalue weighted by Gasteiger charge is -2.27. The molecule has 3 aliphatic rings. The van der Waals surface area contributed by atoms with Gasteiger partial charge >= 0.3 is 13.4 Å². The molecule has 3 fully saturated rings. The van der Waals surface area contributed by atoms with Gasteiger partial charge < -0.3 is 49.2 Å². The van der Waals surface area contributed by atoms with Gasteiger partial charge in [0, 0.05) is 0 Å². The lowest BCUT2D eigenvalue weighted by Crippen LogP contribution is -2.36. The molecule has 0 amide bonds. The average Bonchev–Trinajstić information content (AvgIpc) is 3.72. The molecule has 7 N–H and O–H groups in total. The molecule has 4 aromatic heterocycles. The minimum absolute atomic E-state index is 0.00576. The summed E-state index contributed by atoms with van der Waals surface area (Å²) in [7, 11) is 0. The summed E-state index contributed by atoms with van der Waals surface area (Å²) in [5.74, 6) is 0.341. The molecule has 3 aliphatic heterocycles. The van der Waals surface area contributed by atoms with Gasteiger partial charge in [0.1, 0.15) is 54.3 Å². The van der Waals surface area contributed by atoms with Crippen LogP contribution in [-0.2, 0) is 51.2 Å². The van der Waals surface area contributed by atoms with Gasteiger partial charge in [0.05, 0.1) is 19.5 Å². The molecule has 7 rings (SSSR count). The number of rotatable bonds is 2. The number of hydrogen-bond donors (Lipinski definition) is 6. The van der Waals surface area contributed by atoms with Crippen molar-refractivity contribution >= 4 is 65.2 Å². The molecule has 25 heteroatoms. The number of aliphatic hydroxyl groups is 2. The molecule has 4 unspecified atom stereocenters. The molecule has 0 radical (unpaired) electrons. The van der Waals surface area contributed by atoms with Crippen LogP contribution in [0.2, 0.25) is 0 Å². The first kappa shape index (κ1) is 31.1. The van der Waals surface area contributed by atoms with Crippen LogP contribution in [0, 0.1) is 6.92 Å². The maximum Gasteiger partial charge on any atom is 0.325 e. The van der Waals surface area contributed by atoms with Crippen molar-refractivity contribution in [3.63, 3.8) is 0 Å². The highest BCUT2D eigenvalue weighted by molar-refractivity contribution is 8.07. The second-order valence-corrected chi connectivity index (χ2v) is 15.8. The van der Waals surface area contributed by atoms with Crippen LogP contribution in [0.5, 0.6) is 0 Å². The molecule has 45 heavy (non-hydrogen) atoms. The highest BCUT2D eigenvalue weighted by Gasteiger charge is 2.53. The van der Waals surface area contributed by atoms with E-state index in [2.05, 4.69) is 35.2 Å². The SMILES string of the molecule is Cc1nc2c(nnn2[C@@H]2O[C@@H]3COP(O)(=S)O[C@@H]4C(O)[C@H](n5cnc6c(N)ncnc65)O[C@@H]4COP(O)(=S)O[C@H]2C3O)c(=O)[nH]1. The molecule has 3 saturated heterocycles. The maximum atomic E-state index is 12.4. The summed E-state index contributed by atoms with van der Waals surface area (Å²) in [5.41, 5.74) is 5.67. The Morgan fingerprint density at radius 2 is 1.64 bits per heavy atom. The maximum absolute atomic E-state index is 12.4. The normalized spacial score (nSPS) is 37.7. The van der Waals surface area contributed by atoms with Gasteiger partial charge in [0.2, 0.25) is 0 Å². The summed E-state index contributed by atoms with van der Waals surface area (Å²) >= 11 is 10.5. The van der Waals surface area contributed by atoms with E-state index in [0.29, 0.717) is 0 Å². The zero-order valence-electron chi connectivity index (χ0n) is 22.7. The van der Waals surface area contributed by atoms with Crippen molar-refractivity contribution < 1.29 is 47.6 Å². The molecule has 242 valence electrons. The van der Waals surface area contributed by atoms with Crippen LogP contribution in [0.25, 0.3) is 22.3 Å². The molecule has 10 atom stereocenters. The Labute approximate surface area is 260 Å². The summed E-state index contributed by atoms with van der Waals surface area (Å²) in [6.07, 6.45) is -8.37. The summed E-state index contributed by atoms with van der Waals surface area (Å²) < 4.78 is 37.0. The molecular weight excluding hydrogens is 682 g/mol. The van der Waals surface area contributed by atoms with E-state index in [1.54, 1.807) is 6.92 Å². The third-order valence-corrected chi connectivity index (χ3v) is 10.4. The summed E-state index contributed by atoms with van der Waals surface area (Å²) in [6.45, 7) is -7.95. The first-order valence-corrected chi connectivity index (χ1v) is 18.2. The molecule has 0 spiro atoms. The van der Waals surface area contributed by atoms with Gasteiger partial charge in [-0.2, -0.15) is 4.68 Å². The monoisotopic (exact) mass is 706 g/mol. The molecule has 21 nitrogen and oxygen atoms in total. The van der Waals surface area contributed by atoms with E-state index < -0.39 is 81.3 Å². The second-order valence-electron chi connectivity index (χ2n) is 10.2. The molecule has 4 aromatic rings. The standard InChI is InChI=1S/C20H24N10O11P2S2/c1-6-25-17-10(18(33)26-6)27-28-30(17)20-14-11(31)7(38-20)2-36-42(34,44)40-13-8(3-37-43(35,45)41-14)39-19(12(13)32)29-5-24-9-15(21)22-4-23-16(9)29/h4-5,7-8,11-14,19-20,31-32H,2-3H2,1H3,(H,34,44)(H,35,45)(H2,21,22,23)(H,25,26,33)/t7-,8-,11?,12?,13+,14+,19-,20-,42?,43?/m1/s1. The zero-order chi connectivity index (χ0) is 31.8. The predicted molar refractivity (Wildman–Crippen MR) is 155 cm³/mol. The number of imidazole rings is 1. The highest BCUT2D eigenvalue weighted by atomic mass is 32.5. The van der Waals surface area contributed by atoms with Crippen molar-refractivity contribution in [3.05, 3.63) is 28.8 Å². The fraction of sp³-hybridized carbons (Fsp3) is 0.550. The van der Waals surface area contributed by atoms with Crippen molar-refractivity contribution in [1.82, 2.24) is 44.5 Å². The molecule has 0 aromatic carbocycles. The van der Waals surface area contributed by atoms with Crippen LogP contribution in [0.3, 0.4) is 0 Å². The highest BCUT2D eigenvalue weighted by Crippen LogP contribution is 2.54. The largest absolute Gasteiger partial charge is 0.387 e. The minimum atomic E-state index is -4.23. The Hall–Kier alpha value is -2.47. The summed E-state index contributed by atoms with van der Waals surface area (Å²) in [6, 6.07) is 0. The Kier molecular flexibility index (Phi) is 7.86. The van der Waals surface area contributed by atoms with E-state index in [9.17, 15) is 24.8 Å². The predicted octanol–water partition coefficient (Wildman–Crippen LogP) is -1.99. The van der Waals surface area contributed by atoms with E-state index in [1.807, 2.05) is 0 Å². The molecule has 0 aliphatic carbocycles. The number of aliphatic hydroxyl groups excluding tert-OH is 2. The second kappa shape index (κ2) is 11.3. The molecule has 2 bridgehead atoms. The van der Waals surface area contributed by atoms with Gasteiger partial charge in [-0.1, -0.05) is 5.21 Å². The number of hydrogen-bond acceptors (Lipinski definition) is 18. The third-order valence-electron chi connectivity index (χ3n) is 7.29. The van der Waals surface area contributed by atoms with E-state index >= 15 is 0 Å². The smallest absolute Gasteiger partial charge is 0.325 e. The van der Waals surface area contributed by atoms with E-state index in [-0.39, 0.29) is 34.0 Å². The van der Waals surface area contributed by atoms with Crippen LogP contribution in [0.15, 0.2) is 17.4 Å². The lowest BCUT2D eigenvalue weighted by atomic mass is 10.1. The molecule has 7 heterocycles. The van der Waals surface area contributed by atoms with Crippen molar-refractivity contribution in [2.75, 3.05) is 18.9 Å². The number of nitrogens with two attached hydrogens (primary N) is 1. The first-order chi connectivity index (χ1) is 21.3. The van der Waals surface area contributed by atoms with E-state index in [0.717, 1.165) is 4.68 Å². The number of aryl methyl sites for hydroxylation is 1. The number of nitrogens with zero attached hydrogens (tertiary/aromatic N) is 8. The number of nitrogens with one attached hydrogen (secondary N) is 1. The summed E-state index contributed by atoms with van der Waals surface area (Å²) in [5, 5.41) is 30.2. The van der Waals surface area contributed by atoms with Gasteiger partial charge in [-0.05, 0) is 30.5 Å². The van der Waals surface area contributed by atoms with Crippen LogP contribution in [0.1, 0.15) is 18.3 Å². The fourth-order valence-electron chi connectivity index (χ4n) is 5.26.